The van der Waals surface area contributed by atoms with Gasteiger partial charge in [-0.25, -0.2) is 0 Å². The van der Waals surface area contributed by atoms with Crippen LogP contribution in [0.15, 0.2) is 36.7 Å². The van der Waals surface area contributed by atoms with Crippen molar-refractivity contribution in [3.63, 3.8) is 0 Å². The number of para-hydroxylation sites is 1. The molecule has 0 aliphatic carbocycles. The Morgan fingerprint density at radius 2 is 2.15 bits per heavy atom. The minimum absolute atomic E-state index is 0.512. The Balaban J connectivity index is 1.58. The molecular weight excluding hydrogens is 250 g/mol. The molecule has 20 heavy (non-hydrogen) atoms. The molecule has 4 heteroatoms. The standard InChI is InChI=1S/C16H19N3O/c1-12-8-19-14(11-18-12)10-17-9-13-6-7-20-16-5-3-2-4-15(13)16/h2-5,8,11,13,17H,6-7,9-10H2,1H3. The van der Waals surface area contributed by atoms with Crippen LogP contribution in [0.1, 0.15) is 29.3 Å². The molecule has 1 aromatic carbocycles. The highest BCUT2D eigenvalue weighted by atomic mass is 16.5. The Hall–Kier alpha value is -1.94. The van der Waals surface area contributed by atoms with E-state index in [4.69, 9.17) is 4.74 Å². The third-order valence-electron chi connectivity index (χ3n) is 3.61. The Morgan fingerprint density at radius 3 is 3.00 bits per heavy atom. The fraction of sp³-hybridized carbons (Fsp3) is 0.375. The van der Waals surface area contributed by atoms with Crippen molar-refractivity contribution < 1.29 is 4.74 Å². The van der Waals surface area contributed by atoms with Gasteiger partial charge in [0.05, 0.1) is 18.0 Å². The van der Waals surface area contributed by atoms with Crippen LogP contribution in [0.3, 0.4) is 0 Å². The summed E-state index contributed by atoms with van der Waals surface area (Å²) in [6.45, 7) is 4.44. The lowest BCUT2D eigenvalue weighted by Gasteiger charge is -2.26. The van der Waals surface area contributed by atoms with Crippen molar-refractivity contribution in [3.05, 3.63) is 53.6 Å². The number of nitrogens with one attached hydrogen (secondary N) is 1. The first kappa shape index (κ1) is 13.1. The third kappa shape index (κ3) is 2.96. The van der Waals surface area contributed by atoms with Gasteiger partial charge in [-0.05, 0) is 25.0 Å². The molecule has 4 nitrogen and oxygen atoms in total. The number of nitrogens with zero attached hydrogens (tertiary/aromatic N) is 2. The van der Waals surface area contributed by atoms with E-state index in [0.29, 0.717) is 5.92 Å². The predicted octanol–water partition coefficient (Wildman–Crippen LogP) is 2.44. The molecule has 1 atom stereocenters. The van der Waals surface area contributed by atoms with E-state index in [-0.39, 0.29) is 0 Å². The lowest BCUT2D eigenvalue weighted by Crippen LogP contribution is -2.26. The zero-order valence-electron chi connectivity index (χ0n) is 11.7. The number of rotatable bonds is 4. The molecular formula is C16H19N3O. The highest BCUT2D eigenvalue weighted by molar-refractivity contribution is 5.37. The van der Waals surface area contributed by atoms with E-state index in [2.05, 4.69) is 27.4 Å². The number of fused-ring (bicyclic) bond motifs is 1. The molecule has 2 heterocycles. The summed E-state index contributed by atoms with van der Waals surface area (Å²) in [5.41, 5.74) is 3.24. The van der Waals surface area contributed by atoms with Crippen molar-refractivity contribution in [3.8, 4) is 5.75 Å². The Morgan fingerprint density at radius 1 is 1.25 bits per heavy atom. The molecule has 1 N–H and O–H groups in total. The maximum Gasteiger partial charge on any atom is 0.122 e. The van der Waals surface area contributed by atoms with Crippen molar-refractivity contribution in [2.24, 2.45) is 0 Å². The number of hydrogen-bond donors (Lipinski definition) is 1. The monoisotopic (exact) mass is 269 g/mol. The van der Waals surface area contributed by atoms with E-state index in [1.807, 2.05) is 25.3 Å². The number of ether oxygens (including phenoxy) is 1. The first-order valence-electron chi connectivity index (χ1n) is 7.03. The number of benzene rings is 1. The van der Waals surface area contributed by atoms with Gasteiger partial charge in [0.1, 0.15) is 5.75 Å². The molecule has 0 saturated heterocycles. The molecule has 1 unspecified atom stereocenters. The van der Waals surface area contributed by atoms with Gasteiger partial charge >= 0.3 is 0 Å². The first-order valence-corrected chi connectivity index (χ1v) is 7.03. The quantitative estimate of drug-likeness (QED) is 0.926. The van der Waals surface area contributed by atoms with Gasteiger partial charge in [0, 0.05) is 31.4 Å². The van der Waals surface area contributed by atoms with Crippen molar-refractivity contribution in [1.29, 1.82) is 0 Å². The van der Waals surface area contributed by atoms with Crippen molar-refractivity contribution in [2.75, 3.05) is 13.2 Å². The van der Waals surface area contributed by atoms with Crippen molar-refractivity contribution in [1.82, 2.24) is 15.3 Å². The molecule has 1 aliphatic rings. The van der Waals surface area contributed by atoms with E-state index in [1.54, 1.807) is 6.20 Å². The Kier molecular flexibility index (Phi) is 3.92. The lowest BCUT2D eigenvalue weighted by molar-refractivity contribution is 0.264. The predicted molar refractivity (Wildman–Crippen MR) is 77.8 cm³/mol. The first-order chi connectivity index (χ1) is 9.83. The van der Waals surface area contributed by atoms with Crippen LogP contribution in [-0.4, -0.2) is 23.1 Å². The van der Waals surface area contributed by atoms with E-state index < -0.39 is 0 Å². The average molecular weight is 269 g/mol. The van der Waals surface area contributed by atoms with E-state index in [1.165, 1.54) is 5.56 Å². The van der Waals surface area contributed by atoms with E-state index >= 15 is 0 Å². The fourth-order valence-corrected chi connectivity index (χ4v) is 2.51. The highest BCUT2D eigenvalue weighted by Gasteiger charge is 2.20. The molecule has 3 rings (SSSR count). The van der Waals surface area contributed by atoms with Crippen LogP contribution in [-0.2, 0) is 6.54 Å². The molecule has 1 aromatic heterocycles. The van der Waals surface area contributed by atoms with Crippen LogP contribution >= 0.6 is 0 Å². The van der Waals surface area contributed by atoms with Gasteiger partial charge in [-0.3, -0.25) is 9.97 Å². The van der Waals surface area contributed by atoms with E-state index in [9.17, 15) is 0 Å². The van der Waals surface area contributed by atoms with Gasteiger partial charge in [0.15, 0.2) is 0 Å². The summed E-state index contributed by atoms with van der Waals surface area (Å²) < 4.78 is 5.68. The molecule has 0 radical (unpaired) electrons. The summed E-state index contributed by atoms with van der Waals surface area (Å²) in [6.07, 6.45) is 4.70. The zero-order valence-corrected chi connectivity index (χ0v) is 11.7. The van der Waals surface area contributed by atoms with Crippen LogP contribution in [0.4, 0.5) is 0 Å². The van der Waals surface area contributed by atoms with Gasteiger partial charge in [-0.1, -0.05) is 18.2 Å². The van der Waals surface area contributed by atoms with Gasteiger partial charge in [-0.15, -0.1) is 0 Å². The Bertz CT molecular complexity index is 568. The summed E-state index contributed by atoms with van der Waals surface area (Å²) in [7, 11) is 0. The Labute approximate surface area is 119 Å². The number of hydrogen-bond acceptors (Lipinski definition) is 4. The van der Waals surface area contributed by atoms with Crippen LogP contribution < -0.4 is 10.1 Å². The number of aryl methyl sites for hydroxylation is 1. The van der Waals surface area contributed by atoms with Crippen LogP contribution in [0.2, 0.25) is 0 Å². The smallest absolute Gasteiger partial charge is 0.122 e. The maximum absolute atomic E-state index is 5.68. The highest BCUT2D eigenvalue weighted by Crippen LogP contribution is 2.32. The molecule has 104 valence electrons. The van der Waals surface area contributed by atoms with Gasteiger partial charge in [0.2, 0.25) is 0 Å². The van der Waals surface area contributed by atoms with Crippen LogP contribution in [0, 0.1) is 6.92 Å². The van der Waals surface area contributed by atoms with Gasteiger partial charge in [-0.2, -0.15) is 0 Å². The molecule has 0 fully saturated rings. The SMILES string of the molecule is Cc1cnc(CNCC2CCOc3ccccc32)cn1. The second kappa shape index (κ2) is 6.01. The van der Waals surface area contributed by atoms with Gasteiger partial charge < -0.3 is 10.1 Å². The summed E-state index contributed by atoms with van der Waals surface area (Å²) in [5, 5.41) is 3.47. The molecule has 2 aromatic rings. The fourth-order valence-electron chi connectivity index (χ4n) is 2.51. The van der Waals surface area contributed by atoms with Crippen LogP contribution in [0.25, 0.3) is 0 Å². The summed E-state index contributed by atoms with van der Waals surface area (Å²) in [5.74, 6) is 1.54. The molecule has 0 saturated carbocycles. The maximum atomic E-state index is 5.68. The minimum atomic E-state index is 0.512. The summed E-state index contributed by atoms with van der Waals surface area (Å²) in [4.78, 5) is 8.61. The number of aromatic nitrogens is 2. The largest absolute Gasteiger partial charge is 0.493 e. The second-order valence-electron chi connectivity index (χ2n) is 5.15. The molecule has 1 aliphatic heterocycles. The lowest BCUT2D eigenvalue weighted by atomic mass is 9.93. The topological polar surface area (TPSA) is 47.0 Å². The minimum Gasteiger partial charge on any atom is -0.493 e. The summed E-state index contributed by atoms with van der Waals surface area (Å²) in [6, 6.07) is 8.31. The third-order valence-corrected chi connectivity index (χ3v) is 3.61. The average Bonchev–Trinajstić information content (AvgIpc) is 2.49. The molecule has 0 bridgehead atoms. The van der Waals surface area contributed by atoms with E-state index in [0.717, 1.165) is 43.3 Å². The van der Waals surface area contributed by atoms with Crippen LogP contribution in [0.5, 0.6) is 5.75 Å². The van der Waals surface area contributed by atoms with Crippen molar-refractivity contribution >= 4 is 0 Å². The molecule has 0 spiro atoms. The van der Waals surface area contributed by atoms with Gasteiger partial charge in [0.25, 0.3) is 0 Å². The van der Waals surface area contributed by atoms with Crippen molar-refractivity contribution in [2.45, 2.75) is 25.8 Å². The normalized spacial score (nSPS) is 17.4. The molecule has 0 amide bonds. The second-order valence-corrected chi connectivity index (χ2v) is 5.15. The zero-order chi connectivity index (χ0) is 13.8. The summed E-state index contributed by atoms with van der Waals surface area (Å²) >= 11 is 0.